The van der Waals surface area contributed by atoms with Crippen LogP contribution >= 0.6 is 11.8 Å². The maximum absolute atomic E-state index is 3.69. The normalized spacial score (nSPS) is 23.1. The van der Waals surface area contributed by atoms with Crippen molar-refractivity contribution < 1.29 is 0 Å². The zero-order valence-electron chi connectivity index (χ0n) is 10.4. The lowest BCUT2D eigenvalue weighted by atomic mass is 10.1. The molecule has 2 aliphatic rings. The molecular formula is C14H20N2S. The molecule has 0 aromatic heterocycles. The summed E-state index contributed by atoms with van der Waals surface area (Å²) in [5, 5.41) is 3.69. The molecule has 3 rings (SSSR count). The SMILES string of the molecule is CN(CCNC1CSc2ccccc21)C1CC1. The second kappa shape index (κ2) is 5.01. The topological polar surface area (TPSA) is 15.3 Å². The van der Waals surface area contributed by atoms with Gasteiger partial charge in [0, 0.05) is 35.8 Å². The number of likely N-dealkylation sites (N-methyl/N-ethyl adjacent to an activating group) is 1. The van der Waals surface area contributed by atoms with Crippen LogP contribution in [-0.2, 0) is 0 Å². The van der Waals surface area contributed by atoms with Crippen LogP contribution in [0.25, 0.3) is 0 Å². The summed E-state index contributed by atoms with van der Waals surface area (Å²) in [7, 11) is 2.25. The molecule has 17 heavy (non-hydrogen) atoms. The Bertz CT molecular complexity index is 390. The van der Waals surface area contributed by atoms with Gasteiger partial charge in [-0.3, -0.25) is 0 Å². The molecule has 92 valence electrons. The Morgan fingerprint density at radius 2 is 2.18 bits per heavy atom. The minimum atomic E-state index is 0.559. The van der Waals surface area contributed by atoms with Gasteiger partial charge in [-0.1, -0.05) is 18.2 Å². The average Bonchev–Trinajstić information content (AvgIpc) is 3.12. The van der Waals surface area contributed by atoms with Gasteiger partial charge >= 0.3 is 0 Å². The van der Waals surface area contributed by atoms with Crippen molar-refractivity contribution in [2.24, 2.45) is 0 Å². The third kappa shape index (κ3) is 2.67. The summed E-state index contributed by atoms with van der Waals surface area (Å²) in [6.07, 6.45) is 2.80. The van der Waals surface area contributed by atoms with Crippen molar-refractivity contribution in [3.63, 3.8) is 0 Å². The lowest BCUT2D eigenvalue weighted by Crippen LogP contribution is -2.32. The molecule has 0 amide bonds. The van der Waals surface area contributed by atoms with Crippen LogP contribution in [0.2, 0.25) is 0 Å². The van der Waals surface area contributed by atoms with E-state index in [0.717, 1.165) is 12.6 Å². The Balaban J connectivity index is 1.50. The summed E-state index contributed by atoms with van der Waals surface area (Å²) in [5.74, 6) is 1.19. The van der Waals surface area contributed by atoms with Gasteiger partial charge < -0.3 is 10.2 Å². The van der Waals surface area contributed by atoms with E-state index in [1.54, 1.807) is 0 Å². The highest BCUT2D eigenvalue weighted by Gasteiger charge is 2.26. The number of fused-ring (bicyclic) bond motifs is 1. The van der Waals surface area contributed by atoms with Crippen LogP contribution in [0.1, 0.15) is 24.4 Å². The first-order valence-electron chi connectivity index (χ1n) is 6.50. The van der Waals surface area contributed by atoms with Crippen molar-refractivity contribution in [3.05, 3.63) is 29.8 Å². The Hall–Kier alpha value is -0.510. The summed E-state index contributed by atoms with van der Waals surface area (Å²) < 4.78 is 0. The van der Waals surface area contributed by atoms with E-state index < -0.39 is 0 Å². The molecule has 1 unspecified atom stereocenters. The monoisotopic (exact) mass is 248 g/mol. The molecule has 1 saturated carbocycles. The zero-order chi connectivity index (χ0) is 11.7. The van der Waals surface area contributed by atoms with Crippen molar-refractivity contribution in [1.82, 2.24) is 10.2 Å². The number of benzene rings is 1. The summed E-state index contributed by atoms with van der Waals surface area (Å²) in [6, 6.07) is 10.2. The molecule has 0 saturated heterocycles. The Kier molecular flexibility index (Phi) is 3.41. The Morgan fingerprint density at radius 3 is 3.00 bits per heavy atom. The summed E-state index contributed by atoms with van der Waals surface area (Å²) >= 11 is 1.98. The molecule has 2 nitrogen and oxygen atoms in total. The van der Waals surface area contributed by atoms with Gasteiger partial charge in [0.1, 0.15) is 0 Å². The first kappa shape index (κ1) is 11.6. The van der Waals surface area contributed by atoms with Gasteiger partial charge in [-0.05, 0) is 31.5 Å². The predicted octanol–water partition coefficient (Wildman–Crippen LogP) is 2.52. The molecule has 1 fully saturated rings. The first-order valence-corrected chi connectivity index (χ1v) is 7.48. The van der Waals surface area contributed by atoms with Crippen LogP contribution in [-0.4, -0.2) is 36.8 Å². The van der Waals surface area contributed by atoms with E-state index in [9.17, 15) is 0 Å². The highest BCUT2D eigenvalue weighted by Crippen LogP contribution is 2.37. The van der Waals surface area contributed by atoms with Gasteiger partial charge in [0.25, 0.3) is 0 Å². The van der Waals surface area contributed by atoms with Crippen LogP contribution < -0.4 is 5.32 Å². The van der Waals surface area contributed by atoms with E-state index in [4.69, 9.17) is 0 Å². The summed E-state index contributed by atoms with van der Waals surface area (Å²) in [6.45, 7) is 2.28. The molecule has 1 aromatic carbocycles. The second-order valence-electron chi connectivity index (χ2n) is 5.07. The lowest BCUT2D eigenvalue weighted by molar-refractivity contribution is 0.317. The van der Waals surface area contributed by atoms with Crippen molar-refractivity contribution in [3.8, 4) is 0 Å². The molecular weight excluding hydrogens is 228 g/mol. The first-order chi connectivity index (χ1) is 8.34. The number of thioether (sulfide) groups is 1. The molecule has 1 heterocycles. The van der Waals surface area contributed by atoms with E-state index in [2.05, 4.69) is 41.5 Å². The van der Waals surface area contributed by atoms with Crippen LogP contribution in [0.15, 0.2) is 29.2 Å². The van der Waals surface area contributed by atoms with Crippen LogP contribution in [0, 0.1) is 0 Å². The van der Waals surface area contributed by atoms with E-state index in [1.807, 2.05) is 11.8 Å². The van der Waals surface area contributed by atoms with Crippen molar-refractivity contribution in [2.75, 3.05) is 25.9 Å². The average molecular weight is 248 g/mol. The maximum Gasteiger partial charge on any atom is 0.0426 e. The lowest BCUT2D eigenvalue weighted by Gasteiger charge is -2.18. The smallest absolute Gasteiger partial charge is 0.0426 e. The van der Waals surface area contributed by atoms with E-state index in [1.165, 1.54) is 35.6 Å². The molecule has 1 atom stereocenters. The second-order valence-corrected chi connectivity index (χ2v) is 6.13. The fraction of sp³-hybridized carbons (Fsp3) is 0.571. The Labute approximate surface area is 108 Å². The number of nitrogens with zero attached hydrogens (tertiary/aromatic N) is 1. The number of nitrogens with one attached hydrogen (secondary N) is 1. The van der Waals surface area contributed by atoms with Crippen LogP contribution in [0.3, 0.4) is 0 Å². The van der Waals surface area contributed by atoms with Crippen molar-refractivity contribution in [2.45, 2.75) is 29.8 Å². The van der Waals surface area contributed by atoms with Crippen molar-refractivity contribution in [1.29, 1.82) is 0 Å². The highest BCUT2D eigenvalue weighted by atomic mass is 32.2. The maximum atomic E-state index is 3.69. The molecule has 1 aliphatic heterocycles. The van der Waals surface area contributed by atoms with Gasteiger partial charge in [0.15, 0.2) is 0 Å². The fourth-order valence-corrected chi connectivity index (χ4v) is 3.64. The third-order valence-electron chi connectivity index (χ3n) is 3.73. The summed E-state index contributed by atoms with van der Waals surface area (Å²) in [5.41, 5.74) is 1.49. The van der Waals surface area contributed by atoms with E-state index >= 15 is 0 Å². The predicted molar refractivity (Wildman–Crippen MR) is 73.6 cm³/mol. The van der Waals surface area contributed by atoms with Gasteiger partial charge in [0.05, 0.1) is 0 Å². The standard InChI is InChI=1S/C14H20N2S/c1-16(11-6-7-11)9-8-15-13-10-17-14-5-3-2-4-12(13)14/h2-5,11,13,15H,6-10H2,1H3. The van der Waals surface area contributed by atoms with Crippen LogP contribution in [0.4, 0.5) is 0 Å². The molecule has 3 heteroatoms. The molecule has 0 spiro atoms. The molecule has 1 aromatic rings. The van der Waals surface area contributed by atoms with Gasteiger partial charge in [0.2, 0.25) is 0 Å². The van der Waals surface area contributed by atoms with Crippen molar-refractivity contribution >= 4 is 11.8 Å². The minimum Gasteiger partial charge on any atom is -0.308 e. The van der Waals surface area contributed by atoms with Gasteiger partial charge in [-0.15, -0.1) is 11.8 Å². The quantitative estimate of drug-likeness (QED) is 0.862. The molecule has 1 aliphatic carbocycles. The zero-order valence-corrected chi connectivity index (χ0v) is 11.2. The number of hydrogen-bond acceptors (Lipinski definition) is 3. The highest BCUT2D eigenvalue weighted by molar-refractivity contribution is 7.99. The third-order valence-corrected chi connectivity index (χ3v) is 4.91. The summed E-state index contributed by atoms with van der Waals surface area (Å²) in [4.78, 5) is 3.95. The minimum absolute atomic E-state index is 0.559. The molecule has 0 radical (unpaired) electrons. The van der Waals surface area contributed by atoms with Gasteiger partial charge in [-0.25, -0.2) is 0 Å². The Morgan fingerprint density at radius 1 is 1.35 bits per heavy atom. The molecule has 1 N–H and O–H groups in total. The van der Waals surface area contributed by atoms with E-state index in [-0.39, 0.29) is 0 Å². The van der Waals surface area contributed by atoms with E-state index in [0.29, 0.717) is 6.04 Å². The molecule has 0 bridgehead atoms. The largest absolute Gasteiger partial charge is 0.308 e. The fourth-order valence-electron chi connectivity index (χ4n) is 2.44. The van der Waals surface area contributed by atoms with Crippen LogP contribution in [0.5, 0.6) is 0 Å². The number of hydrogen-bond donors (Lipinski definition) is 1. The number of rotatable bonds is 5. The van der Waals surface area contributed by atoms with Gasteiger partial charge in [-0.2, -0.15) is 0 Å².